The first-order valence-electron chi connectivity index (χ1n) is 9.53. The molecule has 0 amide bonds. The summed E-state index contributed by atoms with van der Waals surface area (Å²) in [4.78, 5) is 12.0. The number of rotatable bonds is 4. The average Bonchev–Trinajstić information content (AvgIpc) is 2.50. The fourth-order valence-electron chi connectivity index (χ4n) is 3.22. The van der Waals surface area contributed by atoms with Crippen molar-refractivity contribution >= 4 is 69.9 Å². The molecular weight excluding hydrogens is 644 g/mol. The molecule has 2 rings (SSSR count). The lowest BCUT2D eigenvalue weighted by Gasteiger charge is -2.31. The first-order valence-corrected chi connectivity index (χ1v) is 12.7. The molecule has 0 N–H and O–H groups in total. The van der Waals surface area contributed by atoms with Gasteiger partial charge in [0, 0.05) is 23.3 Å². The number of hydrogen-bond donors (Lipinski definition) is 0. The van der Waals surface area contributed by atoms with Crippen molar-refractivity contribution in [2.45, 2.75) is 65.4 Å². The van der Waals surface area contributed by atoms with Crippen LogP contribution < -0.4 is 4.74 Å². The molecule has 3 nitrogen and oxygen atoms in total. The van der Waals surface area contributed by atoms with E-state index in [1.54, 1.807) is 32.9 Å². The molecule has 0 aliphatic heterocycles. The van der Waals surface area contributed by atoms with Gasteiger partial charge in [0.1, 0.15) is 11.4 Å². The van der Waals surface area contributed by atoms with Gasteiger partial charge in [-0.3, -0.25) is 0 Å². The minimum absolute atomic E-state index is 0.366. The Hall–Kier alpha value is -0.370. The Bertz CT molecular complexity index is 913. The molecule has 0 radical (unpaired) electrons. The smallest absolute Gasteiger partial charge is 0.428 e. The van der Waals surface area contributed by atoms with Gasteiger partial charge in [-0.15, -0.1) is 0 Å². The molecule has 0 aliphatic carbocycles. The predicted molar refractivity (Wildman–Crippen MR) is 137 cm³/mol. The van der Waals surface area contributed by atoms with Crippen molar-refractivity contribution in [1.82, 2.24) is 0 Å². The van der Waals surface area contributed by atoms with Crippen molar-refractivity contribution in [3.05, 3.63) is 58.8 Å². The van der Waals surface area contributed by atoms with Gasteiger partial charge >= 0.3 is 6.16 Å². The summed E-state index contributed by atoms with van der Waals surface area (Å²) in [7, 11) is 0. The average molecular weight is 670 g/mol. The second kappa shape index (κ2) is 9.63. The van der Waals surface area contributed by atoms with E-state index in [0.717, 1.165) is 29.0 Å². The van der Waals surface area contributed by atoms with E-state index in [0.29, 0.717) is 11.7 Å². The number of halogens is 4. The van der Waals surface area contributed by atoms with Gasteiger partial charge in [-0.25, -0.2) is 4.79 Å². The van der Waals surface area contributed by atoms with Crippen LogP contribution in [0.4, 0.5) is 4.79 Å². The molecular formula is C23H26Br4O3. The zero-order chi connectivity index (χ0) is 23.0. The van der Waals surface area contributed by atoms with Gasteiger partial charge in [-0.1, -0.05) is 91.4 Å². The molecule has 0 saturated carbocycles. The zero-order valence-electron chi connectivity index (χ0n) is 18.1. The fraction of sp³-hybridized carbons (Fsp3) is 0.435. The van der Waals surface area contributed by atoms with Gasteiger partial charge < -0.3 is 9.47 Å². The first kappa shape index (κ1) is 25.9. The molecule has 164 valence electrons. The maximum Gasteiger partial charge on any atom is 0.514 e. The topological polar surface area (TPSA) is 35.5 Å². The van der Waals surface area contributed by atoms with Crippen LogP contribution in [-0.4, -0.2) is 11.8 Å². The van der Waals surface area contributed by atoms with Crippen molar-refractivity contribution in [1.29, 1.82) is 0 Å². The first-order chi connectivity index (χ1) is 13.6. The molecule has 0 aliphatic rings. The highest BCUT2D eigenvalue weighted by Crippen LogP contribution is 2.47. The van der Waals surface area contributed by atoms with E-state index >= 15 is 0 Å². The quantitative estimate of drug-likeness (QED) is 0.240. The highest BCUT2D eigenvalue weighted by Gasteiger charge is 2.33. The Morgan fingerprint density at radius 1 is 0.800 bits per heavy atom. The number of carbonyl (C=O) groups is 1. The summed E-state index contributed by atoms with van der Waals surface area (Å²) in [5.41, 5.74) is 2.45. The summed E-state index contributed by atoms with van der Waals surface area (Å²) in [6, 6.07) is 7.93. The van der Waals surface area contributed by atoms with Gasteiger partial charge in [-0.05, 0) is 67.6 Å². The Labute approximate surface area is 212 Å². The largest absolute Gasteiger partial charge is 0.514 e. The maximum absolute atomic E-state index is 12.0. The summed E-state index contributed by atoms with van der Waals surface area (Å²) >= 11 is 14.9. The van der Waals surface area contributed by atoms with E-state index in [1.165, 1.54) is 5.56 Å². The SMILES string of the molecule is CC(C)c1cc(Br)c(C(C)(C)c2c(Br)cc(OC(=O)OC(C)(C)C)cc2Br)c(Br)c1. The highest BCUT2D eigenvalue weighted by atomic mass is 79.9. The molecule has 30 heavy (non-hydrogen) atoms. The minimum Gasteiger partial charge on any atom is -0.428 e. The monoisotopic (exact) mass is 666 g/mol. The van der Waals surface area contributed by atoms with E-state index in [2.05, 4.69) is 104 Å². The van der Waals surface area contributed by atoms with Crippen LogP contribution in [0.5, 0.6) is 5.75 Å². The molecule has 0 heterocycles. The van der Waals surface area contributed by atoms with E-state index in [4.69, 9.17) is 9.47 Å². The lowest BCUT2D eigenvalue weighted by atomic mass is 9.77. The zero-order valence-corrected chi connectivity index (χ0v) is 24.5. The van der Waals surface area contributed by atoms with E-state index in [-0.39, 0.29) is 5.41 Å². The van der Waals surface area contributed by atoms with Gasteiger partial charge in [0.25, 0.3) is 0 Å². The minimum atomic E-state index is -0.733. The van der Waals surface area contributed by atoms with Crippen molar-refractivity contribution in [2.75, 3.05) is 0 Å². The number of hydrogen-bond acceptors (Lipinski definition) is 3. The second-order valence-corrected chi connectivity index (χ2v) is 12.4. The van der Waals surface area contributed by atoms with Gasteiger partial charge in [0.2, 0.25) is 0 Å². The lowest BCUT2D eigenvalue weighted by Crippen LogP contribution is -2.26. The van der Waals surface area contributed by atoms with Gasteiger partial charge in [0.15, 0.2) is 0 Å². The molecule has 0 saturated heterocycles. The normalized spacial score (nSPS) is 12.3. The number of ether oxygens (including phenoxy) is 2. The van der Waals surface area contributed by atoms with Crippen molar-refractivity contribution in [3.8, 4) is 5.75 Å². The fourth-order valence-corrected chi connectivity index (χ4v) is 7.57. The molecule has 2 aromatic rings. The Morgan fingerprint density at radius 2 is 1.20 bits per heavy atom. The highest BCUT2D eigenvalue weighted by molar-refractivity contribution is 9.11. The summed E-state index contributed by atoms with van der Waals surface area (Å²) in [5.74, 6) is 0.827. The van der Waals surface area contributed by atoms with Crippen LogP contribution in [0.15, 0.2) is 42.2 Å². The van der Waals surface area contributed by atoms with Crippen molar-refractivity contribution < 1.29 is 14.3 Å². The van der Waals surface area contributed by atoms with Crippen LogP contribution in [0.25, 0.3) is 0 Å². The Balaban J connectivity index is 2.48. The van der Waals surface area contributed by atoms with Crippen LogP contribution in [0.2, 0.25) is 0 Å². The van der Waals surface area contributed by atoms with Crippen LogP contribution in [0.1, 0.15) is 71.1 Å². The Morgan fingerprint density at radius 3 is 1.57 bits per heavy atom. The molecule has 0 atom stereocenters. The summed E-state index contributed by atoms with van der Waals surface area (Å²) < 4.78 is 14.4. The molecule has 0 fully saturated rings. The standard InChI is InChI=1S/C23H26Br4O3/c1-12(2)13-8-15(24)19(16(25)9-13)23(6,7)20-17(26)10-14(11-18(20)27)29-21(28)30-22(3,4)5/h8-12H,1-7H3. The van der Waals surface area contributed by atoms with Crippen molar-refractivity contribution in [2.24, 2.45) is 0 Å². The predicted octanol–water partition coefficient (Wildman–Crippen LogP) is 9.50. The summed E-state index contributed by atoms with van der Waals surface area (Å²) in [5, 5.41) is 0. The van der Waals surface area contributed by atoms with Crippen LogP contribution in [-0.2, 0) is 10.2 Å². The molecule has 2 aromatic carbocycles. The van der Waals surface area contributed by atoms with Crippen LogP contribution in [0.3, 0.4) is 0 Å². The Kier molecular flexibility index (Phi) is 8.31. The van der Waals surface area contributed by atoms with Gasteiger partial charge in [0.05, 0.1) is 0 Å². The number of benzene rings is 2. The van der Waals surface area contributed by atoms with Crippen LogP contribution >= 0.6 is 63.7 Å². The number of carbonyl (C=O) groups excluding carboxylic acids is 1. The lowest BCUT2D eigenvalue weighted by molar-refractivity contribution is 0.0206. The molecule has 0 unspecified atom stereocenters. The van der Waals surface area contributed by atoms with E-state index < -0.39 is 11.8 Å². The molecule has 7 heteroatoms. The third-order valence-corrected chi connectivity index (χ3v) is 7.09. The van der Waals surface area contributed by atoms with E-state index in [1.807, 2.05) is 0 Å². The second-order valence-electron chi connectivity index (χ2n) is 8.97. The maximum atomic E-state index is 12.0. The van der Waals surface area contributed by atoms with Gasteiger partial charge in [-0.2, -0.15) is 0 Å². The van der Waals surface area contributed by atoms with E-state index in [9.17, 15) is 4.79 Å². The third-order valence-electron chi connectivity index (χ3n) is 4.59. The molecule has 0 bridgehead atoms. The van der Waals surface area contributed by atoms with Crippen LogP contribution in [0, 0.1) is 0 Å². The molecule has 0 spiro atoms. The third kappa shape index (κ3) is 6.11. The van der Waals surface area contributed by atoms with Crippen molar-refractivity contribution in [3.63, 3.8) is 0 Å². The summed E-state index contributed by atoms with van der Waals surface area (Å²) in [6.07, 6.45) is -0.733. The molecule has 0 aromatic heterocycles. The summed E-state index contributed by atoms with van der Waals surface area (Å²) in [6.45, 7) is 14.1.